The van der Waals surface area contributed by atoms with Gasteiger partial charge >= 0.3 is 10.2 Å². The molecule has 0 radical (unpaired) electrons. The largest absolute Gasteiger partial charge is 0.306 e. The van der Waals surface area contributed by atoms with Crippen LogP contribution in [0.3, 0.4) is 0 Å². The summed E-state index contributed by atoms with van der Waals surface area (Å²) in [7, 11) is -4.47. The molecule has 1 aromatic rings. The van der Waals surface area contributed by atoms with Crippen molar-refractivity contribution in [2.45, 2.75) is 5.75 Å². The number of halogens is 3. The summed E-state index contributed by atoms with van der Waals surface area (Å²) in [6.45, 7) is 0. The maximum atomic E-state index is 12.3. The van der Waals surface area contributed by atoms with Crippen molar-refractivity contribution in [1.29, 1.82) is 0 Å². The van der Waals surface area contributed by atoms with Gasteiger partial charge < -0.3 is 0 Å². The topological polar surface area (TPSA) is 34.1 Å². The van der Waals surface area contributed by atoms with Gasteiger partial charge in [0.05, 0.1) is 0 Å². The van der Waals surface area contributed by atoms with E-state index in [-0.39, 0.29) is 0 Å². The highest BCUT2D eigenvalue weighted by Gasteiger charge is 2.12. The van der Waals surface area contributed by atoms with Crippen molar-refractivity contribution in [3.8, 4) is 0 Å². The molecule has 0 aliphatic rings. The Kier molecular flexibility index (Phi) is 3.48. The van der Waals surface area contributed by atoms with E-state index in [9.17, 15) is 12.3 Å². The van der Waals surface area contributed by atoms with Gasteiger partial charge in [0.2, 0.25) is 0 Å². The molecular formula is C7H5Br2FO2S. The molecule has 0 saturated heterocycles. The van der Waals surface area contributed by atoms with Crippen LogP contribution in [0.15, 0.2) is 27.1 Å². The van der Waals surface area contributed by atoms with Gasteiger partial charge in [-0.15, -0.1) is 3.89 Å². The highest BCUT2D eigenvalue weighted by Crippen LogP contribution is 2.27. The quantitative estimate of drug-likeness (QED) is 0.781. The lowest BCUT2D eigenvalue weighted by Crippen LogP contribution is -1.97. The SMILES string of the molecule is O=S(=O)(F)Cc1cccc(Br)c1Br. The van der Waals surface area contributed by atoms with E-state index in [0.29, 0.717) is 14.5 Å². The van der Waals surface area contributed by atoms with E-state index >= 15 is 0 Å². The second kappa shape index (κ2) is 4.06. The van der Waals surface area contributed by atoms with Crippen LogP contribution in [0, 0.1) is 0 Å². The van der Waals surface area contributed by atoms with Gasteiger partial charge in [0.1, 0.15) is 5.75 Å². The average Bonchev–Trinajstić information content (AvgIpc) is 1.96. The molecule has 72 valence electrons. The zero-order chi connectivity index (χ0) is 10.1. The molecule has 13 heavy (non-hydrogen) atoms. The third-order valence-corrected chi connectivity index (χ3v) is 4.14. The molecule has 0 saturated carbocycles. The fourth-order valence-electron chi connectivity index (χ4n) is 0.846. The predicted octanol–water partition coefficient (Wildman–Crippen LogP) is 3.01. The van der Waals surface area contributed by atoms with Gasteiger partial charge in [0.15, 0.2) is 0 Å². The molecule has 0 aliphatic heterocycles. The Hall–Kier alpha value is 0.0600. The lowest BCUT2D eigenvalue weighted by molar-refractivity contribution is 0.551. The number of rotatable bonds is 2. The Morgan fingerprint density at radius 3 is 2.46 bits per heavy atom. The van der Waals surface area contributed by atoms with Gasteiger partial charge in [-0.25, -0.2) is 0 Å². The fraction of sp³-hybridized carbons (Fsp3) is 0.143. The van der Waals surface area contributed by atoms with Crippen LogP contribution in [0.1, 0.15) is 5.56 Å². The summed E-state index contributed by atoms with van der Waals surface area (Å²) < 4.78 is 34.3. The molecule has 0 amide bonds. The van der Waals surface area contributed by atoms with Crippen LogP contribution in [0.25, 0.3) is 0 Å². The molecule has 0 atom stereocenters. The van der Waals surface area contributed by atoms with Crippen LogP contribution in [0.5, 0.6) is 0 Å². The highest BCUT2D eigenvalue weighted by atomic mass is 79.9. The molecule has 0 unspecified atom stereocenters. The van der Waals surface area contributed by atoms with Gasteiger partial charge in [0, 0.05) is 8.95 Å². The first-order valence-electron chi connectivity index (χ1n) is 3.25. The van der Waals surface area contributed by atoms with Crippen molar-refractivity contribution in [3.05, 3.63) is 32.7 Å². The standard InChI is InChI=1S/C7H5Br2FO2S/c8-6-3-1-2-5(7(6)9)4-13(10,11)12/h1-3H,4H2. The van der Waals surface area contributed by atoms with Crippen molar-refractivity contribution in [1.82, 2.24) is 0 Å². The zero-order valence-electron chi connectivity index (χ0n) is 6.30. The third kappa shape index (κ3) is 3.36. The van der Waals surface area contributed by atoms with Crippen molar-refractivity contribution >= 4 is 42.1 Å². The molecule has 0 heterocycles. The molecule has 0 bridgehead atoms. The van der Waals surface area contributed by atoms with Crippen molar-refractivity contribution in [3.63, 3.8) is 0 Å². The van der Waals surface area contributed by atoms with Crippen LogP contribution in [-0.2, 0) is 16.0 Å². The summed E-state index contributed by atoms with van der Waals surface area (Å²) in [5.41, 5.74) is 0.400. The van der Waals surface area contributed by atoms with E-state index in [1.54, 1.807) is 18.2 Å². The highest BCUT2D eigenvalue weighted by molar-refractivity contribution is 9.13. The molecule has 1 aromatic carbocycles. The number of benzene rings is 1. The minimum absolute atomic E-state index is 0.400. The zero-order valence-corrected chi connectivity index (χ0v) is 10.3. The van der Waals surface area contributed by atoms with Crippen LogP contribution in [-0.4, -0.2) is 8.42 Å². The number of hydrogen-bond acceptors (Lipinski definition) is 2. The Morgan fingerprint density at radius 1 is 1.31 bits per heavy atom. The Balaban J connectivity index is 3.10. The summed E-state index contributed by atoms with van der Waals surface area (Å²) in [6.07, 6.45) is 0. The summed E-state index contributed by atoms with van der Waals surface area (Å²) in [5.74, 6) is -0.604. The van der Waals surface area contributed by atoms with E-state index in [1.807, 2.05) is 0 Å². The number of hydrogen-bond donors (Lipinski definition) is 0. The maximum absolute atomic E-state index is 12.3. The van der Waals surface area contributed by atoms with E-state index in [1.165, 1.54) is 0 Å². The van der Waals surface area contributed by atoms with E-state index in [0.717, 1.165) is 0 Å². The van der Waals surface area contributed by atoms with Crippen molar-refractivity contribution < 1.29 is 12.3 Å². The van der Waals surface area contributed by atoms with Gasteiger partial charge in [0.25, 0.3) is 0 Å². The minimum Gasteiger partial charge on any atom is -0.194 e. The van der Waals surface area contributed by atoms with Crippen LogP contribution < -0.4 is 0 Å². The first-order chi connectivity index (χ1) is 5.90. The van der Waals surface area contributed by atoms with Crippen molar-refractivity contribution in [2.75, 3.05) is 0 Å². The molecule has 0 fully saturated rings. The normalized spacial score (nSPS) is 11.6. The lowest BCUT2D eigenvalue weighted by atomic mass is 10.2. The predicted molar refractivity (Wildman–Crippen MR) is 55.6 cm³/mol. The lowest BCUT2D eigenvalue weighted by Gasteiger charge is -2.02. The second-order valence-corrected chi connectivity index (χ2v) is 5.41. The molecule has 0 aliphatic carbocycles. The molecular weight excluding hydrogens is 327 g/mol. The third-order valence-electron chi connectivity index (χ3n) is 1.36. The first-order valence-corrected chi connectivity index (χ1v) is 6.39. The molecule has 2 nitrogen and oxygen atoms in total. The Labute approximate surface area is 92.6 Å². The van der Waals surface area contributed by atoms with Crippen LogP contribution in [0.2, 0.25) is 0 Å². The Bertz CT molecular complexity index is 417. The van der Waals surface area contributed by atoms with Gasteiger partial charge in [-0.05, 0) is 43.5 Å². The molecule has 0 N–H and O–H groups in total. The average molecular weight is 332 g/mol. The van der Waals surface area contributed by atoms with E-state index < -0.39 is 16.0 Å². The monoisotopic (exact) mass is 330 g/mol. The summed E-state index contributed by atoms with van der Waals surface area (Å²) >= 11 is 6.34. The first kappa shape index (κ1) is 11.1. The van der Waals surface area contributed by atoms with Gasteiger partial charge in [-0.1, -0.05) is 12.1 Å². The Morgan fingerprint density at radius 2 is 1.92 bits per heavy atom. The smallest absolute Gasteiger partial charge is 0.194 e. The van der Waals surface area contributed by atoms with Gasteiger partial charge in [-0.2, -0.15) is 8.42 Å². The molecule has 1 rings (SSSR count). The van der Waals surface area contributed by atoms with Gasteiger partial charge in [-0.3, -0.25) is 0 Å². The second-order valence-electron chi connectivity index (χ2n) is 2.40. The van der Waals surface area contributed by atoms with Crippen molar-refractivity contribution in [2.24, 2.45) is 0 Å². The van der Waals surface area contributed by atoms with Crippen LogP contribution in [0.4, 0.5) is 3.89 Å². The van der Waals surface area contributed by atoms with E-state index in [2.05, 4.69) is 31.9 Å². The summed E-state index contributed by atoms with van der Waals surface area (Å²) in [6, 6.07) is 4.93. The maximum Gasteiger partial charge on any atom is 0.306 e. The fourth-order valence-corrected chi connectivity index (χ4v) is 2.46. The molecule has 0 aromatic heterocycles. The minimum atomic E-state index is -4.47. The van der Waals surface area contributed by atoms with Crippen LogP contribution >= 0.6 is 31.9 Å². The molecule has 0 spiro atoms. The molecule has 6 heteroatoms. The summed E-state index contributed by atoms with van der Waals surface area (Å²) in [5, 5.41) is 0. The van der Waals surface area contributed by atoms with E-state index in [4.69, 9.17) is 0 Å². The summed E-state index contributed by atoms with van der Waals surface area (Å²) in [4.78, 5) is 0.